The van der Waals surface area contributed by atoms with Crippen molar-refractivity contribution < 1.29 is 8.42 Å². The Bertz CT molecular complexity index is 426. The largest absolute Gasteiger partial charge is 0.214 e. The number of sulfonamides is 1. The molecule has 1 unspecified atom stereocenters. The van der Waals surface area contributed by atoms with Crippen LogP contribution in [0, 0.1) is 0 Å². The number of rotatable bonds is 6. The number of nitrogens with one attached hydrogen (secondary N) is 1. The monoisotopic (exact) mass is 255 g/mol. The predicted molar refractivity (Wildman–Crippen MR) is 71.4 cm³/mol. The molecule has 0 aliphatic rings. The molecular weight excluding hydrogens is 234 g/mol. The lowest BCUT2D eigenvalue weighted by Crippen LogP contribution is -2.37. The minimum atomic E-state index is -3.15. The molecule has 0 aliphatic heterocycles. The summed E-state index contributed by atoms with van der Waals surface area (Å²) in [7, 11) is -3.15. The van der Waals surface area contributed by atoms with Gasteiger partial charge < -0.3 is 0 Å². The van der Waals surface area contributed by atoms with Gasteiger partial charge in [-0.05, 0) is 39.2 Å². The van der Waals surface area contributed by atoms with Gasteiger partial charge in [0.2, 0.25) is 10.0 Å². The molecule has 0 aromatic heterocycles. The summed E-state index contributed by atoms with van der Waals surface area (Å²) >= 11 is 0. The normalized spacial score (nSPS) is 13.9. The molecule has 1 atom stereocenters. The van der Waals surface area contributed by atoms with Crippen molar-refractivity contribution in [3.8, 4) is 0 Å². The van der Waals surface area contributed by atoms with E-state index in [1.54, 1.807) is 13.8 Å². The summed E-state index contributed by atoms with van der Waals surface area (Å²) in [4.78, 5) is 0. The molecule has 1 rings (SSSR count). The topological polar surface area (TPSA) is 46.2 Å². The van der Waals surface area contributed by atoms with Gasteiger partial charge in [-0.3, -0.25) is 0 Å². The van der Waals surface area contributed by atoms with Gasteiger partial charge in [0.25, 0.3) is 0 Å². The molecule has 1 aromatic carbocycles. The second-order valence-corrected chi connectivity index (χ2v) is 6.91. The number of hydrogen-bond acceptors (Lipinski definition) is 2. The average Bonchev–Trinajstić information content (AvgIpc) is 2.27. The molecule has 17 heavy (non-hydrogen) atoms. The number of hydrogen-bond donors (Lipinski definition) is 1. The third-order valence-corrected chi connectivity index (χ3v) is 4.67. The van der Waals surface area contributed by atoms with Crippen molar-refractivity contribution >= 4 is 10.0 Å². The van der Waals surface area contributed by atoms with Crippen LogP contribution in [0.4, 0.5) is 0 Å². The van der Waals surface area contributed by atoms with Crippen LogP contribution < -0.4 is 4.72 Å². The first-order chi connectivity index (χ1) is 7.92. The maximum Gasteiger partial charge on any atom is 0.214 e. The molecule has 0 aliphatic carbocycles. The fourth-order valence-corrected chi connectivity index (χ4v) is 2.45. The van der Waals surface area contributed by atoms with E-state index in [1.807, 2.05) is 25.1 Å². The van der Waals surface area contributed by atoms with E-state index in [2.05, 4.69) is 16.9 Å². The first kappa shape index (κ1) is 14.2. The molecule has 0 saturated carbocycles. The van der Waals surface area contributed by atoms with Crippen molar-refractivity contribution in [2.45, 2.75) is 44.9 Å². The smallest absolute Gasteiger partial charge is 0.212 e. The Morgan fingerprint density at radius 3 is 2.24 bits per heavy atom. The highest BCUT2D eigenvalue weighted by atomic mass is 32.2. The molecule has 0 fully saturated rings. The molecule has 0 spiro atoms. The third kappa shape index (κ3) is 4.88. The van der Waals surface area contributed by atoms with Gasteiger partial charge >= 0.3 is 0 Å². The van der Waals surface area contributed by atoms with Crippen molar-refractivity contribution in [3.63, 3.8) is 0 Å². The lowest BCUT2D eigenvalue weighted by molar-refractivity contribution is 0.539. The second-order valence-electron chi connectivity index (χ2n) is 4.64. The highest BCUT2D eigenvalue weighted by molar-refractivity contribution is 7.90. The SMILES string of the molecule is CC(CCc1ccccc1)NS(=O)(=O)C(C)C. The molecular formula is C13H21NO2S. The van der Waals surface area contributed by atoms with Crippen LogP contribution in [0.2, 0.25) is 0 Å². The van der Waals surface area contributed by atoms with E-state index in [9.17, 15) is 8.42 Å². The summed E-state index contributed by atoms with van der Waals surface area (Å²) in [6.07, 6.45) is 1.71. The van der Waals surface area contributed by atoms with E-state index in [-0.39, 0.29) is 11.3 Å². The van der Waals surface area contributed by atoms with Crippen LogP contribution in [0.15, 0.2) is 30.3 Å². The van der Waals surface area contributed by atoms with E-state index in [0.717, 1.165) is 12.8 Å². The summed E-state index contributed by atoms with van der Waals surface area (Å²) < 4.78 is 26.0. The first-order valence-electron chi connectivity index (χ1n) is 5.97. The van der Waals surface area contributed by atoms with Crippen LogP contribution in [0.1, 0.15) is 32.8 Å². The number of aryl methyl sites for hydroxylation is 1. The van der Waals surface area contributed by atoms with Crippen LogP contribution in [-0.4, -0.2) is 19.7 Å². The molecule has 3 nitrogen and oxygen atoms in total. The van der Waals surface area contributed by atoms with Crippen LogP contribution in [0.5, 0.6) is 0 Å². The molecule has 0 bridgehead atoms. The zero-order valence-electron chi connectivity index (χ0n) is 10.7. The van der Waals surface area contributed by atoms with Crippen molar-refractivity contribution in [1.82, 2.24) is 4.72 Å². The molecule has 0 radical (unpaired) electrons. The van der Waals surface area contributed by atoms with Crippen LogP contribution in [-0.2, 0) is 16.4 Å². The summed E-state index contributed by atoms with van der Waals surface area (Å²) in [6, 6.07) is 10.1. The van der Waals surface area contributed by atoms with Gasteiger partial charge in [-0.1, -0.05) is 30.3 Å². The summed E-state index contributed by atoms with van der Waals surface area (Å²) in [6.45, 7) is 5.28. The molecule has 0 saturated heterocycles. The fourth-order valence-electron chi connectivity index (χ4n) is 1.50. The van der Waals surface area contributed by atoms with Crippen LogP contribution in [0.25, 0.3) is 0 Å². The maximum atomic E-state index is 11.6. The van der Waals surface area contributed by atoms with E-state index < -0.39 is 10.0 Å². The van der Waals surface area contributed by atoms with Crippen molar-refractivity contribution in [3.05, 3.63) is 35.9 Å². The lowest BCUT2D eigenvalue weighted by atomic mass is 10.1. The zero-order valence-corrected chi connectivity index (χ0v) is 11.5. The van der Waals surface area contributed by atoms with E-state index in [0.29, 0.717) is 0 Å². The van der Waals surface area contributed by atoms with E-state index >= 15 is 0 Å². The Labute approximate surface area is 104 Å². The summed E-state index contributed by atoms with van der Waals surface area (Å²) in [5.41, 5.74) is 1.24. The average molecular weight is 255 g/mol. The molecule has 0 amide bonds. The molecule has 1 N–H and O–H groups in total. The molecule has 1 aromatic rings. The third-order valence-electron chi connectivity index (χ3n) is 2.69. The quantitative estimate of drug-likeness (QED) is 0.848. The van der Waals surface area contributed by atoms with Gasteiger partial charge in [0.15, 0.2) is 0 Å². The Morgan fingerprint density at radius 2 is 1.71 bits per heavy atom. The summed E-state index contributed by atoms with van der Waals surface area (Å²) in [5, 5.41) is -0.373. The fraction of sp³-hybridized carbons (Fsp3) is 0.538. The minimum absolute atomic E-state index is 0.0254. The van der Waals surface area contributed by atoms with Crippen LogP contribution >= 0.6 is 0 Å². The highest BCUT2D eigenvalue weighted by Gasteiger charge is 2.18. The van der Waals surface area contributed by atoms with Gasteiger partial charge in [0, 0.05) is 6.04 Å². The second kappa shape index (κ2) is 6.17. The van der Waals surface area contributed by atoms with E-state index in [4.69, 9.17) is 0 Å². The minimum Gasteiger partial charge on any atom is -0.212 e. The Balaban J connectivity index is 2.44. The van der Waals surface area contributed by atoms with Crippen molar-refractivity contribution in [2.75, 3.05) is 0 Å². The van der Waals surface area contributed by atoms with E-state index in [1.165, 1.54) is 5.56 Å². The van der Waals surface area contributed by atoms with Gasteiger partial charge in [-0.25, -0.2) is 13.1 Å². The van der Waals surface area contributed by atoms with Gasteiger partial charge in [0.05, 0.1) is 5.25 Å². The van der Waals surface area contributed by atoms with Crippen molar-refractivity contribution in [2.24, 2.45) is 0 Å². The number of benzene rings is 1. The maximum absolute atomic E-state index is 11.6. The standard InChI is InChI=1S/C13H21NO2S/c1-11(2)17(15,16)14-12(3)9-10-13-7-5-4-6-8-13/h4-8,11-12,14H,9-10H2,1-3H3. The Hall–Kier alpha value is -0.870. The predicted octanol–water partition coefficient (Wildman–Crippen LogP) is 2.34. The first-order valence-corrected chi connectivity index (χ1v) is 7.51. The van der Waals surface area contributed by atoms with Gasteiger partial charge in [0.1, 0.15) is 0 Å². The van der Waals surface area contributed by atoms with Gasteiger partial charge in [-0.15, -0.1) is 0 Å². The Kier molecular flexibility index (Phi) is 5.15. The molecule has 0 heterocycles. The molecule has 96 valence electrons. The van der Waals surface area contributed by atoms with Gasteiger partial charge in [-0.2, -0.15) is 0 Å². The summed E-state index contributed by atoms with van der Waals surface area (Å²) in [5.74, 6) is 0. The van der Waals surface area contributed by atoms with Crippen LogP contribution in [0.3, 0.4) is 0 Å². The lowest BCUT2D eigenvalue weighted by Gasteiger charge is -2.16. The van der Waals surface area contributed by atoms with Crippen molar-refractivity contribution in [1.29, 1.82) is 0 Å². The highest BCUT2D eigenvalue weighted by Crippen LogP contribution is 2.06. The Morgan fingerprint density at radius 1 is 1.12 bits per heavy atom. The zero-order chi connectivity index (χ0) is 12.9. The molecule has 4 heteroatoms.